The van der Waals surface area contributed by atoms with Crippen LogP contribution >= 0.6 is 0 Å². The number of halogens is 1. The van der Waals surface area contributed by atoms with Crippen LogP contribution in [0.4, 0.5) is 10.1 Å². The summed E-state index contributed by atoms with van der Waals surface area (Å²) in [5, 5.41) is 8.48. The smallest absolute Gasteiger partial charge is 0.305 e. The van der Waals surface area contributed by atoms with Crippen LogP contribution < -0.4 is 11.5 Å². The van der Waals surface area contributed by atoms with Gasteiger partial charge in [-0.1, -0.05) is 6.07 Å². The Labute approximate surface area is 80.3 Å². The van der Waals surface area contributed by atoms with E-state index in [4.69, 9.17) is 16.6 Å². The van der Waals surface area contributed by atoms with Gasteiger partial charge in [0.15, 0.2) is 0 Å². The summed E-state index contributed by atoms with van der Waals surface area (Å²) < 4.78 is 13.2. The second-order valence-corrected chi connectivity index (χ2v) is 2.95. The summed E-state index contributed by atoms with van der Waals surface area (Å²) in [6, 6.07) is 3.23. The van der Waals surface area contributed by atoms with Crippen molar-refractivity contribution in [3.05, 3.63) is 29.6 Å². The Morgan fingerprint density at radius 2 is 2.21 bits per heavy atom. The minimum Gasteiger partial charge on any atom is -0.481 e. The Bertz CT molecular complexity index is 334. The van der Waals surface area contributed by atoms with Gasteiger partial charge in [0, 0.05) is 17.3 Å². The molecular formula is C9H11FN2O2. The molecule has 1 aromatic carbocycles. The van der Waals surface area contributed by atoms with Gasteiger partial charge in [-0.2, -0.15) is 0 Å². The quantitative estimate of drug-likeness (QED) is 0.629. The SMILES string of the molecule is Nc1cccc(F)c1C(N)CC(=O)O. The molecular weight excluding hydrogens is 187 g/mol. The molecule has 0 saturated heterocycles. The second-order valence-electron chi connectivity index (χ2n) is 2.95. The standard InChI is InChI=1S/C9H11FN2O2/c10-5-2-1-3-6(11)9(5)7(12)4-8(13)14/h1-3,7H,4,11-12H2,(H,13,14). The van der Waals surface area contributed by atoms with Crippen LogP contribution in [-0.2, 0) is 4.79 Å². The average Bonchev–Trinajstić information content (AvgIpc) is 2.01. The summed E-state index contributed by atoms with van der Waals surface area (Å²) in [6.07, 6.45) is -0.342. The summed E-state index contributed by atoms with van der Waals surface area (Å²) >= 11 is 0. The fourth-order valence-electron chi connectivity index (χ4n) is 1.24. The number of carboxylic acid groups (broad SMARTS) is 1. The number of aliphatic carboxylic acids is 1. The van der Waals surface area contributed by atoms with Crippen LogP contribution in [-0.4, -0.2) is 11.1 Å². The maximum absolute atomic E-state index is 13.2. The van der Waals surface area contributed by atoms with Crippen LogP contribution in [0, 0.1) is 5.82 Å². The molecule has 1 atom stereocenters. The van der Waals surface area contributed by atoms with Crippen LogP contribution in [0.3, 0.4) is 0 Å². The maximum atomic E-state index is 13.2. The van der Waals surface area contributed by atoms with E-state index < -0.39 is 17.8 Å². The lowest BCUT2D eigenvalue weighted by Crippen LogP contribution is -2.18. The zero-order chi connectivity index (χ0) is 10.7. The molecule has 5 heteroatoms. The Balaban J connectivity index is 2.99. The number of rotatable bonds is 3. The van der Waals surface area contributed by atoms with Crippen molar-refractivity contribution in [1.29, 1.82) is 0 Å². The highest BCUT2D eigenvalue weighted by Crippen LogP contribution is 2.23. The van der Waals surface area contributed by atoms with Crippen molar-refractivity contribution in [3.63, 3.8) is 0 Å². The third-order valence-electron chi connectivity index (χ3n) is 1.85. The fourth-order valence-corrected chi connectivity index (χ4v) is 1.24. The molecule has 0 aromatic heterocycles. The Kier molecular flexibility index (Phi) is 3.03. The molecule has 5 N–H and O–H groups in total. The van der Waals surface area contributed by atoms with Crippen molar-refractivity contribution in [1.82, 2.24) is 0 Å². The van der Waals surface area contributed by atoms with E-state index in [-0.39, 0.29) is 17.7 Å². The van der Waals surface area contributed by atoms with Crippen LogP contribution in [0.5, 0.6) is 0 Å². The van der Waals surface area contributed by atoms with Crippen molar-refractivity contribution < 1.29 is 14.3 Å². The third-order valence-corrected chi connectivity index (χ3v) is 1.85. The molecule has 76 valence electrons. The van der Waals surface area contributed by atoms with Gasteiger partial charge in [0.25, 0.3) is 0 Å². The van der Waals surface area contributed by atoms with Gasteiger partial charge in [0.1, 0.15) is 5.82 Å². The summed E-state index contributed by atoms with van der Waals surface area (Å²) in [6.45, 7) is 0. The largest absolute Gasteiger partial charge is 0.481 e. The first-order chi connectivity index (χ1) is 6.52. The summed E-state index contributed by atoms with van der Waals surface area (Å²) in [7, 11) is 0. The molecule has 0 aliphatic carbocycles. The van der Waals surface area contributed by atoms with Crippen LogP contribution in [0.25, 0.3) is 0 Å². The van der Waals surface area contributed by atoms with E-state index in [2.05, 4.69) is 0 Å². The molecule has 0 aliphatic heterocycles. The third kappa shape index (κ3) is 2.20. The Hall–Kier alpha value is -1.62. The van der Waals surface area contributed by atoms with E-state index in [1.165, 1.54) is 18.2 Å². The topological polar surface area (TPSA) is 89.3 Å². The van der Waals surface area contributed by atoms with Gasteiger partial charge in [-0.3, -0.25) is 4.79 Å². The number of carbonyl (C=O) groups is 1. The molecule has 1 rings (SSSR count). The number of carboxylic acids is 1. The molecule has 1 aromatic rings. The molecule has 0 saturated carbocycles. The monoisotopic (exact) mass is 198 g/mol. The molecule has 0 aliphatic rings. The van der Waals surface area contributed by atoms with Crippen LogP contribution in [0.2, 0.25) is 0 Å². The van der Waals surface area contributed by atoms with Crippen molar-refractivity contribution in [2.24, 2.45) is 5.73 Å². The molecule has 1 unspecified atom stereocenters. The zero-order valence-corrected chi connectivity index (χ0v) is 7.40. The molecule has 0 heterocycles. The highest BCUT2D eigenvalue weighted by Gasteiger charge is 2.17. The van der Waals surface area contributed by atoms with Crippen LogP contribution in [0.15, 0.2) is 18.2 Å². The van der Waals surface area contributed by atoms with E-state index in [0.717, 1.165) is 0 Å². The molecule has 14 heavy (non-hydrogen) atoms. The number of benzene rings is 1. The van der Waals surface area contributed by atoms with Gasteiger partial charge in [-0.15, -0.1) is 0 Å². The van der Waals surface area contributed by atoms with Crippen molar-refractivity contribution in [3.8, 4) is 0 Å². The van der Waals surface area contributed by atoms with E-state index in [1.54, 1.807) is 0 Å². The number of hydrogen-bond donors (Lipinski definition) is 3. The second kappa shape index (κ2) is 4.06. The normalized spacial score (nSPS) is 12.4. The summed E-state index contributed by atoms with van der Waals surface area (Å²) in [5.74, 6) is -1.65. The zero-order valence-electron chi connectivity index (χ0n) is 7.40. The van der Waals surface area contributed by atoms with Gasteiger partial charge in [0.05, 0.1) is 6.42 Å². The Morgan fingerprint density at radius 1 is 1.57 bits per heavy atom. The lowest BCUT2D eigenvalue weighted by atomic mass is 10.0. The molecule has 0 amide bonds. The van der Waals surface area contributed by atoms with Crippen molar-refractivity contribution >= 4 is 11.7 Å². The summed E-state index contributed by atoms with van der Waals surface area (Å²) in [4.78, 5) is 10.4. The van der Waals surface area contributed by atoms with E-state index in [1.807, 2.05) is 0 Å². The Morgan fingerprint density at radius 3 is 2.71 bits per heavy atom. The van der Waals surface area contributed by atoms with Crippen molar-refractivity contribution in [2.45, 2.75) is 12.5 Å². The highest BCUT2D eigenvalue weighted by atomic mass is 19.1. The summed E-state index contributed by atoms with van der Waals surface area (Å²) in [5.41, 5.74) is 11.2. The molecule has 0 spiro atoms. The first kappa shape index (κ1) is 10.5. The number of hydrogen-bond acceptors (Lipinski definition) is 3. The first-order valence-corrected chi connectivity index (χ1v) is 4.03. The van der Waals surface area contributed by atoms with Gasteiger partial charge in [0.2, 0.25) is 0 Å². The lowest BCUT2D eigenvalue weighted by molar-refractivity contribution is -0.137. The minimum absolute atomic E-state index is 0.0647. The molecule has 0 radical (unpaired) electrons. The number of nitrogens with two attached hydrogens (primary N) is 2. The van der Waals surface area contributed by atoms with Gasteiger partial charge in [-0.25, -0.2) is 4.39 Å². The predicted octanol–water partition coefficient (Wildman–Crippen LogP) is 0.882. The lowest BCUT2D eigenvalue weighted by Gasteiger charge is -2.12. The number of nitrogen functional groups attached to an aromatic ring is 1. The van der Waals surface area contributed by atoms with E-state index >= 15 is 0 Å². The van der Waals surface area contributed by atoms with Gasteiger partial charge in [-0.05, 0) is 12.1 Å². The molecule has 0 fully saturated rings. The predicted molar refractivity (Wildman–Crippen MR) is 50.0 cm³/mol. The highest BCUT2D eigenvalue weighted by molar-refractivity contribution is 5.68. The number of anilines is 1. The van der Waals surface area contributed by atoms with Gasteiger partial charge < -0.3 is 16.6 Å². The molecule has 4 nitrogen and oxygen atoms in total. The molecule has 0 bridgehead atoms. The average molecular weight is 198 g/mol. The maximum Gasteiger partial charge on any atom is 0.305 e. The van der Waals surface area contributed by atoms with E-state index in [9.17, 15) is 9.18 Å². The minimum atomic E-state index is -1.08. The van der Waals surface area contributed by atoms with E-state index in [0.29, 0.717) is 0 Å². The van der Waals surface area contributed by atoms with Gasteiger partial charge >= 0.3 is 5.97 Å². The fraction of sp³-hybridized carbons (Fsp3) is 0.222. The van der Waals surface area contributed by atoms with Crippen LogP contribution in [0.1, 0.15) is 18.0 Å². The first-order valence-electron chi connectivity index (χ1n) is 4.03. The van der Waals surface area contributed by atoms with Crippen molar-refractivity contribution in [2.75, 3.05) is 5.73 Å².